The number of nitrogens with zero attached hydrogens (tertiary/aromatic N) is 1. The highest BCUT2D eigenvalue weighted by Crippen LogP contribution is 2.43. The van der Waals surface area contributed by atoms with E-state index in [0.717, 1.165) is 23.1 Å². The first kappa shape index (κ1) is 22.9. The van der Waals surface area contributed by atoms with Crippen LogP contribution in [0.3, 0.4) is 0 Å². The smallest absolute Gasteiger partial charge is 0.264 e. The maximum atomic E-state index is 13.6. The van der Waals surface area contributed by atoms with Crippen molar-refractivity contribution in [1.29, 1.82) is 0 Å². The van der Waals surface area contributed by atoms with Crippen molar-refractivity contribution in [2.75, 3.05) is 4.90 Å². The van der Waals surface area contributed by atoms with E-state index < -0.39 is 11.5 Å². The van der Waals surface area contributed by atoms with Crippen LogP contribution < -0.4 is 4.90 Å². The normalized spacial score (nSPS) is 17.5. The van der Waals surface area contributed by atoms with Crippen LogP contribution in [0, 0.1) is 6.92 Å². The number of para-hydroxylation sites is 1. The standard InChI is InChI=1S/C29H31NO3/c1-5-21-11-14-22(15-12-21)27(31)17-29(33)25-8-6-7-9-26(25)30(28(29)32)18-24-16-23(19(2)3)13-10-20(24)4/h6-16,19,33H,5,17-18H2,1-4H3/t29-/m0/s1. The summed E-state index contributed by atoms with van der Waals surface area (Å²) in [5.74, 6) is -0.320. The first-order chi connectivity index (χ1) is 15.7. The Morgan fingerprint density at radius 1 is 1.03 bits per heavy atom. The average Bonchev–Trinajstić information content (AvgIpc) is 3.02. The summed E-state index contributed by atoms with van der Waals surface area (Å²) in [6.45, 7) is 8.72. The van der Waals surface area contributed by atoms with Crippen LogP contribution in [-0.2, 0) is 23.4 Å². The van der Waals surface area contributed by atoms with Crippen LogP contribution in [0.1, 0.15) is 71.3 Å². The molecule has 0 fully saturated rings. The molecule has 1 atom stereocenters. The van der Waals surface area contributed by atoms with Gasteiger partial charge in [0.25, 0.3) is 5.91 Å². The number of carbonyl (C=O) groups excluding carboxylic acids is 2. The molecule has 0 saturated carbocycles. The fraction of sp³-hybridized carbons (Fsp3) is 0.310. The molecular weight excluding hydrogens is 410 g/mol. The minimum absolute atomic E-state index is 0.247. The molecule has 0 radical (unpaired) electrons. The fourth-order valence-corrected chi connectivity index (χ4v) is 4.49. The Morgan fingerprint density at radius 2 is 1.73 bits per heavy atom. The van der Waals surface area contributed by atoms with Gasteiger partial charge < -0.3 is 10.0 Å². The van der Waals surface area contributed by atoms with Gasteiger partial charge in [0.2, 0.25) is 0 Å². The molecule has 3 aromatic carbocycles. The lowest BCUT2D eigenvalue weighted by Gasteiger charge is -2.24. The summed E-state index contributed by atoms with van der Waals surface area (Å²) in [6, 6.07) is 20.9. The minimum Gasteiger partial charge on any atom is -0.375 e. The third kappa shape index (κ3) is 4.23. The predicted octanol–water partition coefficient (Wildman–Crippen LogP) is 5.69. The third-order valence-corrected chi connectivity index (χ3v) is 6.71. The molecule has 0 aromatic heterocycles. The number of Topliss-reactive ketones (excluding diaryl/α,β-unsaturated/α-hetero) is 1. The number of benzene rings is 3. The van der Waals surface area contributed by atoms with E-state index in [1.54, 1.807) is 29.2 Å². The van der Waals surface area contributed by atoms with E-state index in [9.17, 15) is 14.7 Å². The van der Waals surface area contributed by atoms with E-state index in [-0.39, 0.29) is 12.2 Å². The molecule has 0 bridgehead atoms. The average molecular weight is 442 g/mol. The summed E-state index contributed by atoms with van der Waals surface area (Å²) < 4.78 is 0. The minimum atomic E-state index is -1.87. The Hall–Kier alpha value is -3.24. The lowest BCUT2D eigenvalue weighted by Crippen LogP contribution is -2.41. The van der Waals surface area contributed by atoms with Crippen LogP contribution in [-0.4, -0.2) is 16.8 Å². The van der Waals surface area contributed by atoms with Crippen molar-refractivity contribution >= 4 is 17.4 Å². The van der Waals surface area contributed by atoms with Gasteiger partial charge in [0.05, 0.1) is 18.7 Å². The van der Waals surface area contributed by atoms with Gasteiger partial charge in [-0.25, -0.2) is 0 Å². The number of aryl methyl sites for hydroxylation is 2. The van der Waals surface area contributed by atoms with Crippen molar-refractivity contribution < 1.29 is 14.7 Å². The van der Waals surface area contributed by atoms with E-state index in [0.29, 0.717) is 29.3 Å². The van der Waals surface area contributed by atoms with Crippen LogP contribution in [0.5, 0.6) is 0 Å². The van der Waals surface area contributed by atoms with Gasteiger partial charge in [-0.2, -0.15) is 0 Å². The van der Waals surface area contributed by atoms with Gasteiger partial charge in [-0.05, 0) is 47.6 Å². The summed E-state index contributed by atoms with van der Waals surface area (Å²) in [4.78, 5) is 28.3. The van der Waals surface area contributed by atoms with Crippen molar-refractivity contribution in [1.82, 2.24) is 0 Å². The molecule has 0 unspecified atom stereocenters. The Morgan fingerprint density at radius 3 is 2.39 bits per heavy atom. The van der Waals surface area contributed by atoms with Crippen molar-refractivity contribution in [3.63, 3.8) is 0 Å². The molecular formula is C29H31NO3. The van der Waals surface area contributed by atoms with Gasteiger partial charge in [-0.15, -0.1) is 0 Å². The summed E-state index contributed by atoms with van der Waals surface area (Å²) in [7, 11) is 0. The second-order valence-electron chi connectivity index (χ2n) is 9.26. The first-order valence-electron chi connectivity index (χ1n) is 11.6. The predicted molar refractivity (Wildman–Crippen MR) is 132 cm³/mol. The lowest BCUT2D eigenvalue weighted by atomic mass is 9.88. The molecule has 4 rings (SSSR count). The summed E-state index contributed by atoms with van der Waals surface area (Å²) in [6.07, 6.45) is 0.604. The number of carbonyl (C=O) groups is 2. The van der Waals surface area contributed by atoms with E-state index in [4.69, 9.17) is 0 Å². The van der Waals surface area contributed by atoms with Crippen molar-refractivity contribution in [3.05, 3.63) is 100 Å². The SMILES string of the molecule is CCc1ccc(C(=O)C[C@@]2(O)C(=O)N(Cc3cc(C(C)C)ccc3C)c3ccccc32)cc1. The van der Waals surface area contributed by atoms with E-state index in [2.05, 4.69) is 39.0 Å². The second kappa shape index (κ2) is 8.95. The van der Waals surface area contributed by atoms with Crippen molar-refractivity contribution in [2.45, 2.75) is 58.6 Å². The Bertz CT molecular complexity index is 1200. The summed E-state index contributed by atoms with van der Waals surface area (Å²) >= 11 is 0. The maximum absolute atomic E-state index is 13.6. The number of fused-ring (bicyclic) bond motifs is 1. The molecule has 33 heavy (non-hydrogen) atoms. The largest absolute Gasteiger partial charge is 0.375 e. The zero-order valence-corrected chi connectivity index (χ0v) is 19.8. The zero-order chi connectivity index (χ0) is 23.8. The molecule has 4 heteroatoms. The maximum Gasteiger partial charge on any atom is 0.264 e. The van der Waals surface area contributed by atoms with E-state index >= 15 is 0 Å². The number of anilines is 1. The molecule has 0 saturated heterocycles. The second-order valence-corrected chi connectivity index (χ2v) is 9.26. The Labute approximate surface area is 195 Å². The van der Waals surface area contributed by atoms with Gasteiger partial charge in [-0.3, -0.25) is 9.59 Å². The van der Waals surface area contributed by atoms with Crippen LogP contribution in [0.25, 0.3) is 0 Å². The number of hydrogen-bond acceptors (Lipinski definition) is 3. The van der Waals surface area contributed by atoms with Gasteiger partial charge in [0, 0.05) is 11.1 Å². The topological polar surface area (TPSA) is 57.6 Å². The summed E-state index contributed by atoms with van der Waals surface area (Å²) in [5, 5.41) is 11.6. The monoisotopic (exact) mass is 441 g/mol. The molecule has 170 valence electrons. The molecule has 1 N–H and O–H groups in total. The van der Waals surface area contributed by atoms with Gasteiger partial charge in [-0.1, -0.05) is 81.4 Å². The highest BCUT2D eigenvalue weighted by atomic mass is 16.3. The molecule has 0 aliphatic carbocycles. The highest BCUT2D eigenvalue weighted by molar-refractivity contribution is 6.10. The highest BCUT2D eigenvalue weighted by Gasteiger charge is 2.50. The quantitative estimate of drug-likeness (QED) is 0.479. The Kier molecular flexibility index (Phi) is 6.22. The van der Waals surface area contributed by atoms with Crippen LogP contribution in [0.2, 0.25) is 0 Å². The Balaban J connectivity index is 1.67. The van der Waals surface area contributed by atoms with E-state index in [1.165, 1.54) is 5.56 Å². The fourth-order valence-electron chi connectivity index (χ4n) is 4.49. The number of amides is 1. The number of aliphatic hydroxyl groups is 1. The number of ketones is 1. The molecule has 1 aliphatic heterocycles. The van der Waals surface area contributed by atoms with Crippen molar-refractivity contribution in [2.24, 2.45) is 0 Å². The zero-order valence-electron chi connectivity index (χ0n) is 19.8. The van der Waals surface area contributed by atoms with Gasteiger partial charge >= 0.3 is 0 Å². The van der Waals surface area contributed by atoms with Crippen LogP contribution in [0.15, 0.2) is 66.7 Å². The first-order valence-corrected chi connectivity index (χ1v) is 11.6. The lowest BCUT2D eigenvalue weighted by molar-refractivity contribution is -0.136. The summed E-state index contributed by atoms with van der Waals surface area (Å²) in [5.41, 5.74) is 4.25. The molecule has 3 aromatic rings. The molecule has 1 aliphatic rings. The third-order valence-electron chi connectivity index (χ3n) is 6.71. The molecule has 1 heterocycles. The van der Waals surface area contributed by atoms with Gasteiger partial charge in [0.15, 0.2) is 11.4 Å². The van der Waals surface area contributed by atoms with Crippen molar-refractivity contribution in [3.8, 4) is 0 Å². The molecule has 1 amide bonds. The number of hydrogen-bond donors (Lipinski definition) is 1. The van der Waals surface area contributed by atoms with Gasteiger partial charge in [0.1, 0.15) is 0 Å². The molecule has 4 nitrogen and oxygen atoms in total. The molecule has 0 spiro atoms. The van der Waals surface area contributed by atoms with Crippen LogP contribution in [0.4, 0.5) is 5.69 Å². The number of rotatable bonds is 7. The van der Waals surface area contributed by atoms with E-state index in [1.807, 2.05) is 31.2 Å². The van der Waals surface area contributed by atoms with Crippen LogP contribution >= 0.6 is 0 Å².